The number of rotatable bonds is 6. The summed E-state index contributed by atoms with van der Waals surface area (Å²) in [6.45, 7) is 12.2. The third kappa shape index (κ3) is 5.10. The molecular formula is C19H23IN2O2S. The molecule has 0 aliphatic carbocycles. The maximum absolute atomic E-state index is 12.8. The molecule has 0 aromatic heterocycles. The fourth-order valence-electron chi connectivity index (χ4n) is 2.28. The van der Waals surface area contributed by atoms with Crippen molar-refractivity contribution in [2.45, 2.75) is 39.8 Å². The Hall–Kier alpha value is -1.28. The lowest BCUT2D eigenvalue weighted by atomic mass is 10.2. The number of thioether (sulfide) groups is 1. The summed E-state index contributed by atoms with van der Waals surface area (Å²) in [5, 5.41) is 0.780. The minimum atomic E-state index is 0.0152. The number of halogens is 1. The number of nitrogens with zero attached hydrogens (tertiary/aromatic N) is 2. The molecule has 1 fully saturated rings. The van der Waals surface area contributed by atoms with Crippen molar-refractivity contribution in [1.82, 2.24) is 4.90 Å². The number of carbonyl (C=O) groups excluding carboxylic acids is 1. The van der Waals surface area contributed by atoms with Crippen LogP contribution in [0.4, 0.5) is 0 Å². The average Bonchev–Trinajstić information content (AvgIpc) is 2.81. The van der Waals surface area contributed by atoms with Crippen molar-refractivity contribution in [2.24, 2.45) is 4.99 Å². The van der Waals surface area contributed by atoms with E-state index < -0.39 is 0 Å². The second-order valence-corrected chi connectivity index (χ2v) is 8.35. The maximum Gasteiger partial charge on any atom is 0.266 e. The first-order valence-electron chi connectivity index (χ1n) is 8.17. The van der Waals surface area contributed by atoms with Crippen LogP contribution in [0.1, 0.15) is 33.3 Å². The summed E-state index contributed by atoms with van der Waals surface area (Å²) in [7, 11) is 0. The summed E-state index contributed by atoms with van der Waals surface area (Å²) in [4.78, 5) is 19.8. The number of amides is 1. The molecule has 0 saturated carbocycles. The number of carbonyl (C=O) groups is 1. The Balaban J connectivity index is 2.30. The number of ether oxygens (including phenoxy) is 1. The van der Waals surface area contributed by atoms with Gasteiger partial charge < -0.3 is 4.74 Å². The van der Waals surface area contributed by atoms with Gasteiger partial charge >= 0.3 is 0 Å². The third-order valence-electron chi connectivity index (χ3n) is 3.33. The molecule has 1 aliphatic heterocycles. The number of hydrogen-bond acceptors (Lipinski definition) is 4. The normalized spacial score (nSPS) is 18.0. The Bertz CT molecular complexity index is 726. The number of aliphatic imine (C=N–C) groups is 1. The molecule has 0 radical (unpaired) electrons. The van der Waals surface area contributed by atoms with Gasteiger partial charge in [0, 0.05) is 12.1 Å². The van der Waals surface area contributed by atoms with Gasteiger partial charge in [-0.25, -0.2) is 0 Å². The molecule has 1 amide bonds. The molecule has 1 aliphatic rings. The number of benzene rings is 1. The number of amidine groups is 1. The van der Waals surface area contributed by atoms with E-state index >= 15 is 0 Å². The van der Waals surface area contributed by atoms with Gasteiger partial charge in [0.2, 0.25) is 0 Å². The SMILES string of the molecule is C=CCOc1ccc(/C=C2/SC(=NC(C)C)N(C(C)C)C2=O)cc1I. The topological polar surface area (TPSA) is 41.9 Å². The van der Waals surface area contributed by atoms with E-state index in [1.54, 1.807) is 11.0 Å². The summed E-state index contributed by atoms with van der Waals surface area (Å²) in [6, 6.07) is 6.12. The average molecular weight is 470 g/mol. The van der Waals surface area contributed by atoms with Gasteiger partial charge in [0.1, 0.15) is 12.4 Å². The molecule has 4 nitrogen and oxygen atoms in total. The van der Waals surface area contributed by atoms with Gasteiger partial charge in [-0.1, -0.05) is 18.7 Å². The van der Waals surface area contributed by atoms with Crippen LogP contribution < -0.4 is 4.74 Å². The quantitative estimate of drug-likeness (QED) is 0.336. The van der Waals surface area contributed by atoms with Crippen LogP contribution >= 0.6 is 34.4 Å². The van der Waals surface area contributed by atoms with Crippen molar-refractivity contribution >= 4 is 51.5 Å². The molecule has 0 unspecified atom stereocenters. The highest BCUT2D eigenvalue weighted by Gasteiger charge is 2.35. The van der Waals surface area contributed by atoms with Gasteiger partial charge in [0.25, 0.3) is 5.91 Å². The van der Waals surface area contributed by atoms with Crippen molar-refractivity contribution in [2.75, 3.05) is 6.61 Å². The van der Waals surface area contributed by atoms with Crippen LogP contribution in [0.5, 0.6) is 5.75 Å². The predicted octanol–water partition coefficient (Wildman–Crippen LogP) is 4.95. The summed E-state index contributed by atoms with van der Waals surface area (Å²) in [6.07, 6.45) is 3.64. The molecule has 25 heavy (non-hydrogen) atoms. The summed E-state index contributed by atoms with van der Waals surface area (Å²) in [5.74, 6) is 0.834. The Morgan fingerprint density at radius 1 is 1.36 bits per heavy atom. The fourth-order valence-corrected chi connectivity index (χ4v) is 4.20. The van der Waals surface area contributed by atoms with E-state index in [1.165, 1.54) is 11.8 Å². The smallest absolute Gasteiger partial charge is 0.266 e. The zero-order valence-corrected chi connectivity index (χ0v) is 17.9. The van der Waals surface area contributed by atoms with Crippen LogP contribution in [0.2, 0.25) is 0 Å². The molecule has 1 aromatic carbocycles. The fraction of sp³-hybridized carbons (Fsp3) is 0.368. The lowest BCUT2D eigenvalue weighted by Crippen LogP contribution is -2.35. The lowest BCUT2D eigenvalue weighted by Gasteiger charge is -2.20. The minimum absolute atomic E-state index is 0.0152. The zero-order valence-electron chi connectivity index (χ0n) is 15.0. The Morgan fingerprint density at radius 2 is 2.08 bits per heavy atom. The Morgan fingerprint density at radius 3 is 2.64 bits per heavy atom. The summed E-state index contributed by atoms with van der Waals surface area (Å²) < 4.78 is 6.60. The highest BCUT2D eigenvalue weighted by Crippen LogP contribution is 2.35. The largest absolute Gasteiger partial charge is 0.488 e. The molecule has 0 atom stereocenters. The van der Waals surface area contributed by atoms with Crippen LogP contribution in [0.25, 0.3) is 6.08 Å². The molecule has 1 aromatic rings. The third-order valence-corrected chi connectivity index (χ3v) is 5.17. The Kier molecular flexibility index (Phi) is 7.13. The zero-order chi connectivity index (χ0) is 18.6. The molecule has 2 rings (SSSR count). The van der Waals surface area contributed by atoms with Crippen molar-refractivity contribution in [1.29, 1.82) is 0 Å². The molecule has 1 heterocycles. The highest BCUT2D eigenvalue weighted by molar-refractivity contribution is 14.1. The highest BCUT2D eigenvalue weighted by atomic mass is 127. The van der Waals surface area contributed by atoms with Gasteiger partial charge in [-0.15, -0.1) is 0 Å². The van der Waals surface area contributed by atoms with Crippen molar-refractivity contribution in [3.8, 4) is 5.75 Å². The van der Waals surface area contributed by atoms with Crippen molar-refractivity contribution in [3.63, 3.8) is 0 Å². The van der Waals surface area contributed by atoms with Crippen LogP contribution in [-0.4, -0.2) is 34.7 Å². The van der Waals surface area contributed by atoms with E-state index in [9.17, 15) is 4.79 Å². The molecule has 0 spiro atoms. The monoisotopic (exact) mass is 470 g/mol. The van der Waals surface area contributed by atoms with Crippen LogP contribution in [0, 0.1) is 3.57 Å². The first kappa shape index (κ1) is 20.0. The van der Waals surface area contributed by atoms with Crippen LogP contribution in [0.3, 0.4) is 0 Å². The molecule has 134 valence electrons. The van der Waals surface area contributed by atoms with Gasteiger partial charge in [-0.3, -0.25) is 14.7 Å². The van der Waals surface area contributed by atoms with E-state index in [0.29, 0.717) is 11.5 Å². The second-order valence-electron chi connectivity index (χ2n) is 6.17. The van der Waals surface area contributed by atoms with Gasteiger partial charge in [0.15, 0.2) is 5.17 Å². The van der Waals surface area contributed by atoms with E-state index in [2.05, 4.69) is 34.2 Å². The first-order valence-corrected chi connectivity index (χ1v) is 10.1. The summed E-state index contributed by atoms with van der Waals surface area (Å²) in [5.41, 5.74) is 0.973. The van der Waals surface area contributed by atoms with E-state index in [-0.39, 0.29) is 18.0 Å². The predicted molar refractivity (Wildman–Crippen MR) is 115 cm³/mol. The first-order chi connectivity index (χ1) is 11.8. The maximum atomic E-state index is 12.8. The lowest BCUT2D eigenvalue weighted by molar-refractivity contribution is -0.123. The van der Waals surface area contributed by atoms with Crippen LogP contribution in [-0.2, 0) is 4.79 Å². The van der Waals surface area contributed by atoms with Crippen molar-refractivity contribution in [3.05, 3.63) is 44.9 Å². The Labute approximate surface area is 167 Å². The molecule has 0 bridgehead atoms. The number of hydrogen-bond donors (Lipinski definition) is 0. The van der Waals surface area contributed by atoms with Crippen LogP contribution in [0.15, 0.2) is 40.8 Å². The molecule has 0 N–H and O–H groups in total. The second kappa shape index (κ2) is 8.89. The molecular weight excluding hydrogens is 447 g/mol. The standard InChI is InChI=1S/C19H23IN2O2S/c1-6-9-24-16-8-7-14(10-15(16)20)11-17-18(23)22(13(4)5)19(25-17)21-12(2)3/h6-8,10-13H,1,9H2,2-5H3/b17-11+,21-19?. The van der Waals surface area contributed by atoms with E-state index in [1.807, 2.05) is 52.0 Å². The summed E-state index contributed by atoms with van der Waals surface area (Å²) >= 11 is 3.68. The van der Waals surface area contributed by atoms with E-state index in [4.69, 9.17) is 4.74 Å². The van der Waals surface area contributed by atoms with Crippen molar-refractivity contribution < 1.29 is 9.53 Å². The van der Waals surface area contributed by atoms with Gasteiger partial charge in [-0.05, 0) is 85.8 Å². The molecule has 6 heteroatoms. The minimum Gasteiger partial charge on any atom is -0.488 e. The molecule has 1 saturated heterocycles. The van der Waals surface area contributed by atoms with Gasteiger partial charge in [0.05, 0.1) is 8.48 Å². The van der Waals surface area contributed by atoms with E-state index in [0.717, 1.165) is 20.1 Å². The van der Waals surface area contributed by atoms with Gasteiger partial charge in [-0.2, -0.15) is 0 Å².